The van der Waals surface area contributed by atoms with Gasteiger partial charge in [-0.15, -0.1) is 0 Å². The summed E-state index contributed by atoms with van der Waals surface area (Å²) >= 11 is 0. The van der Waals surface area contributed by atoms with Crippen LogP contribution < -0.4 is 15.4 Å². The molecule has 1 aromatic rings. The number of hydrogen-bond acceptors (Lipinski definition) is 3. The molecule has 5 nitrogen and oxygen atoms in total. The summed E-state index contributed by atoms with van der Waals surface area (Å²) in [6.45, 7) is 2.25. The average molecular weight is 268 g/mol. The maximum atomic E-state index is 13.2. The normalized spacial score (nSPS) is 9.79. The lowest BCUT2D eigenvalue weighted by Gasteiger charge is -2.08. The SMILES string of the molecule is CC(=O)NCCNC(=O)CCOc1ccccc1F. The average Bonchev–Trinajstić information content (AvgIpc) is 2.37. The van der Waals surface area contributed by atoms with Gasteiger partial charge in [0.1, 0.15) is 0 Å². The smallest absolute Gasteiger partial charge is 0.223 e. The molecule has 1 rings (SSSR count). The maximum Gasteiger partial charge on any atom is 0.223 e. The van der Waals surface area contributed by atoms with Gasteiger partial charge >= 0.3 is 0 Å². The first-order valence-corrected chi connectivity index (χ1v) is 5.98. The lowest BCUT2D eigenvalue weighted by molar-refractivity contribution is -0.122. The van der Waals surface area contributed by atoms with Crippen molar-refractivity contribution in [2.75, 3.05) is 19.7 Å². The Kier molecular flexibility index (Phi) is 6.35. The highest BCUT2D eigenvalue weighted by Gasteiger charge is 2.04. The molecular weight excluding hydrogens is 251 g/mol. The van der Waals surface area contributed by atoms with Crippen LogP contribution in [0.1, 0.15) is 13.3 Å². The predicted octanol–water partition coefficient (Wildman–Crippen LogP) is 0.847. The quantitative estimate of drug-likeness (QED) is 0.720. The van der Waals surface area contributed by atoms with E-state index >= 15 is 0 Å². The molecule has 2 N–H and O–H groups in total. The van der Waals surface area contributed by atoms with Gasteiger partial charge in [0.15, 0.2) is 11.6 Å². The number of hydrogen-bond donors (Lipinski definition) is 2. The van der Waals surface area contributed by atoms with Crippen molar-refractivity contribution in [1.29, 1.82) is 0 Å². The number of amides is 2. The third-order valence-electron chi connectivity index (χ3n) is 2.24. The fraction of sp³-hybridized carbons (Fsp3) is 0.385. The summed E-state index contributed by atoms with van der Waals surface area (Å²) in [7, 11) is 0. The van der Waals surface area contributed by atoms with Crippen molar-refractivity contribution in [2.45, 2.75) is 13.3 Å². The van der Waals surface area contributed by atoms with Crippen LogP contribution in [0.4, 0.5) is 4.39 Å². The van der Waals surface area contributed by atoms with Gasteiger partial charge < -0.3 is 15.4 Å². The highest BCUT2D eigenvalue weighted by Crippen LogP contribution is 2.15. The highest BCUT2D eigenvalue weighted by molar-refractivity contribution is 5.76. The van der Waals surface area contributed by atoms with Gasteiger partial charge in [-0.1, -0.05) is 12.1 Å². The van der Waals surface area contributed by atoms with Crippen LogP contribution in [0, 0.1) is 5.82 Å². The molecule has 0 spiro atoms. The number of nitrogens with one attached hydrogen (secondary N) is 2. The molecular formula is C13H17FN2O3. The molecule has 0 aromatic heterocycles. The van der Waals surface area contributed by atoms with Gasteiger partial charge in [0.05, 0.1) is 13.0 Å². The van der Waals surface area contributed by atoms with E-state index in [2.05, 4.69) is 10.6 Å². The molecule has 0 atom stereocenters. The Bertz CT molecular complexity index is 438. The van der Waals surface area contributed by atoms with Crippen LogP contribution in [0.3, 0.4) is 0 Å². The van der Waals surface area contributed by atoms with Gasteiger partial charge in [0, 0.05) is 20.0 Å². The van der Waals surface area contributed by atoms with E-state index < -0.39 is 5.82 Å². The van der Waals surface area contributed by atoms with E-state index in [1.54, 1.807) is 12.1 Å². The van der Waals surface area contributed by atoms with Crippen molar-refractivity contribution >= 4 is 11.8 Å². The van der Waals surface area contributed by atoms with Gasteiger partial charge in [-0.3, -0.25) is 9.59 Å². The second kappa shape index (κ2) is 8.07. The topological polar surface area (TPSA) is 67.4 Å². The van der Waals surface area contributed by atoms with E-state index in [9.17, 15) is 14.0 Å². The van der Waals surface area contributed by atoms with Gasteiger partial charge in [-0.2, -0.15) is 0 Å². The summed E-state index contributed by atoms with van der Waals surface area (Å²) < 4.78 is 18.3. The predicted molar refractivity (Wildman–Crippen MR) is 68.2 cm³/mol. The van der Waals surface area contributed by atoms with E-state index in [1.165, 1.54) is 19.1 Å². The van der Waals surface area contributed by atoms with Crippen molar-refractivity contribution in [3.8, 4) is 5.75 Å². The first kappa shape index (κ1) is 14.9. The monoisotopic (exact) mass is 268 g/mol. The molecule has 0 fully saturated rings. The minimum absolute atomic E-state index is 0.104. The van der Waals surface area contributed by atoms with Gasteiger partial charge in [-0.25, -0.2) is 4.39 Å². The second-order valence-electron chi connectivity index (χ2n) is 3.86. The van der Waals surface area contributed by atoms with Crippen LogP contribution >= 0.6 is 0 Å². The summed E-state index contributed by atoms with van der Waals surface area (Å²) in [5.74, 6) is -0.666. The molecule has 0 unspecified atom stereocenters. The zero-order chi connectivity index (χ0) is 14.1. The van der Waals surface area contributed by atoms with E-state index in [-0.39, 0.29) is 30.6 Å². The molecule has 0 aliphatic rings. The third kappa shape index (κ3) is 6.40. The molecule has 0 bridgehead atoms. The highest BCUT2D eigenvalue weighted by atomic mass is 19.1. The maximum absolute atomic E-state index is 13.2. The van der Waals surface area contributed by atoms with Crippen LogP contribution in [0.15, 0.2) is 24.3 Å². The van der Waals surface area contributed by atoms with E-state index in [1.807, 2.05) is 0 Å². The lowest BCUT2D eigenvalue weighted by Crippen LogP contribution is -2.34. The minimum Gasteiger partial charge on any atom is -0.490 e. The summed E-state index contributed by atoms with van der Waals surface area (Å²) in [5, 5.41) is 5.17. The standard InChI is InChI=1S/C13H17FN2O3/c1-10(17)15-7-8-16-13(18)6-9-19-12-5-3-2-4-11(12)14/h2-5H,6-9H2,1H3,(H,15,17)(H,16,18). The number of halogens is 1. The summed E-state index contributed by atoms with van der Waals surface area (Å²) in [4.78, 5) is 21.9. The minimum atomic E-state index is -0.450. The molecule has 0 radical (unpaired) electrons. The Hall–Kier alpha value is -2.11. The summed E-state index contributed by atoms with van der Waals surface area (Å²) in [6.07, 6.45) is 0.133. The number of carbonyl (C=O) groups excluding carboxylic acids is 2. The number of carbonyl (C=O) groups is 2. The number of para-hydroxylation sites is 1. The fourth-order valence-corrected chi connectivity index (χ4v) is 1.34. The Morgan fingerprint density at radius 2 is 1.89 bits per heavy atom. The van der Waals surface area contributed by atoms with Crippen LogP contribution in [0.25, 0.3) is 0 Å². The van der Waals surface area contributed by atoms with Crippen molar-refractivity contribution in [3.05, 3.63) is 30.1 Å². The zero-order valence-corrected chi connectivity index (χ0v) is 10.7. The molecule has 0 aliphatic carbocycles. The molecule has 1 aromatic carbocycles. The number of benzene rings is 1. The van der Waals surface area contributed by atoms with Gasteiger partial charge in [0.2, 0.25) is 11.8 Å². The Labute approximate surface area is 111 Å². The largest absolute Gasteiger partial charge is 0.490 e. The first-order chi connectivity index (χ1) is 9.09. The number of rotatable bonds is 7. The molecule has 0 saturated carbocycles. The number of ether oxygens (including phenoxy) is 1. The van der Waals surface area contributed by atoms with Gasteiger partial charge in [0.25, 0.3) is 0 Å². The molecule has 0 saturated heterocycles. The molecule has 19 heavy (non-hydrogen) atoms. The Balaban J connectivity index is 2.14. The molecule has 0 heterocycles. The van der Waals surface area contributed by atoms with Crippen LogP contribution in [0.2, 0.25) is 0 Å². The zero-order valence-electron chi connectivity index (χ0n) is 10.7. The van der Waals surface area contributed by atoms with Crippen molar-refractivity contribution in [3.63, 3.8) is 0 Å². The van der Waals surface area contributed by atoms with Gasteiger partial charge in [-0.05, 0) is 12.1 Å². The first-order valence-electron chi connectivity index (χ1n) is 5.98. The molecule has 2 amide bonds. The molecule has 104 valence electrons. The van der Waals surface area contributed by atoms with Crippen LogP contribution in [0.5, 0.6) is 5.75 Å². The lowest BCUT2D eigenvalue weighted by atomic mass is 10.3. The van der Waals surface area contributed by atoms with Crippen LogP contribution in [-0.2, 0) is 9.59 Å². The van der Waals surface area contributed by atoms with Crippen LogP contribution in [-0.4, -0.2) is 31.5 Å². The molecule has 0 aliphatic heterocycles. The Morgan fingerprint density at radius 3 is 2.58 bits per heavy atom. The van der Waals surface area contributed by atoms with Crippen molar-refractivity contribution in [2.24, 2.45) is 0 Å². The third-order valence-corrected chi connectivity index (χ3v) is 2.24. The molecule has 6 heteroatoms. The second-order valence-corrected chi connectivity index (χ2v) is 3.86. The van der Waals surface area contributed by atoms with E-state index in [4.69, 9.17) is 4.74 Å². The Morgan fingerprint density at radius 1 is 1.21 bits per heavy atom. The fourth-order valence-electron chi connectivity index (χ4n) is 1.34. The summed E-state index contributed by atoms with van der Waals surface area (Å²) in [5.41, 5.74) is 0. The van der Waals surface area contributed by atoms with E-state index in [0.29, 0.717) is 13.1 Å². The summed E-state index contributed by atoms with van der Waals surface area (Å²) in [6, 6.07) is 6.02. The van der Waals surface area contributed by atoms with Crippen molar-refractivity contribution in [1.82, 2.24) is 10.6 Å². The van der Waals surface area contributed by atoms with E-state index in [0.717, 1.165) is 0 Å². The van der Waals surface area contributed by atoms with Crippen molar-refractivity contribution < 1.29 is 18.7 Å².